The number of hydrogen-bond acceptors (Lipinski definition) is 2. The van der Waals surface area contributed by atoms with Crippen LogP contribution in [0.15, 0.2) is 0 Å². The average molecular weight is 151 g/mol. The van der Waals surface area contributed by atoms with Gasteiger partial charge >= 0.3 is 0 Å². The summed E-state index contributed by atoms with van der Waals surface area (Å²) < 4.78 is 23.2. The van der Waals surface area contributed by atoms with Crippen LogP contribution in [0, 0.1) is 5.92 Å². The third-order valence-corrected chi connectivity index (χ3v) is 1.44. The predicted octanol–water partition coefficient (Wildman–Crippen LogP) is 0.192. The Morgan fingerprint density at radius 2 is 1.89 bits per heavy atom. The molecule has 9 heavy (non-hydrogen) atoms. The first-order chi connectivity index (χ1) is 3.92. The van der Waals surface area contributed by atoms with Crippen molar-refractivity contribution in [1.82, 2.24) is 4.72 Å². The number of sulfonamides is 1. The lowest BCUT2D eigenvalue weighted by molar-refractivity contribution is 0.565. The summed E-state index contributed by atoms with van der Waals surface area (Å²) in [5.41, 5.74) is 0. The molecule has 56 valence electrons. The quantitative estimate of drug-likeness (QED) is 0.626. The normalized spacial score (nSPS) is 12.4. The molecule has 4 heteroatoms. The molecule has 0 aliphatic carbocycles. The van der Waals surface area contributed by atoms with Crippen molar-refractivity contribution in [3.05, 3.63) is 0 Å². The first-order valence-electron chi connectivity index (χ1n) is 2.86. The minimum Gasteiger partial charge on any atom is -0.215 e. The van der Waals surface area contributed by atoms with Crippen LogP contribution >= 0.6 is 0 Å². The Morgan fingerprint density at radius 1 is 1.44 bits per heavy atom. The van der Waals surface area contributed by atoms with Crippen LogP contribution in [-0.2, 0) is 10.0 Å². The second-order valence-electron chi connectivity index (χ2n) is 2.51. The van der Waals surface area contributed by atoms with Crippen molar-refractivity contribution in [2.75, 3.05) is 12.8 Å². The van der Waals surface area contributed by atoms with Crippen LogP contribution in [0.5, 0.6) is 0 Å². The Balaban J connectivity index is 3.53. The number of rotatable bonds is 3. The monoisotopic (exact) mass is 151 g/mol. The average Bonchev–Trinajstić information content (AvgIpc) is 1.59. The van der Waals surface area contributed by atoms with Gasteiger partial charge in [-0.2, -0.15) is 0 Å². The van der Waals surface area contributed by atoms with Gasteiger partial charge in [-0.05, 0) is 5.92 Å². The van der Waals surface area contributed by atoms with Gasteiger partial charge in [-0.25, -0.2) is 13.1 Å². The maximum atomic E-state index is 10.4. The third-order valence-electron chi connectivity index (χ3n) is 0.754. The number of nitrogens with one attached hydrogen (secondary N) is 1. The molecule has 0 spiro atoms. The van der Waals surface area contributed by atoms with Crippen LogP contribution in [0.2, 0.25) is 0 Å². The van der Waals surface area contributed by atoms with E-state index in [1.165, 1.54) is 0 Å². The summed E-state index contributed by atoms with van der Waals surface area (Å²) in [4.78, 5) is 0. The van der Waals surface area contributed by atoms with Crippen molar-refractivity contribution in [3.63, 3.8) is 0 Å². The largest absolute Gasteiger partial charge is 0.215 e. The lowest BCUT2D eigenvalue weighted by Crippen LogP contribution is -2.25. The van der Waals surface area contributed by atoms with Crippen molar-refractivity contribution in [2.24, 2.45) is 5.92 Å². The predicted molar refractivity (Wildman–Crippen MR) is 37.7 cm³/mol. The molecule has 0 aromatic carbocycles. The molecule has 0 amide bonds. The van der Waals surface area contributed by atoms with E-state index in [0.717, 1.165) is 6.26 Å². The van der Waals surface area contributed by atoms with Gasteiger partial charge < -0.3 is 0 Å². The molecule has 0 saturated heterocycles. The van der Waals surface area contributed by atoms with Gasteiger partial charge in [0.05, 0.1) is 6.26 Å². The maximum Gasteiger partial charge on any atom is 0.208 e. The van der Waals surface area contributed by atoms with Gasteiger partial charge in [-0.1, -0.05) is 13.8 Å². The highest BCUT2D eigenvalue weighted by atomic mass is 32.2. The molecule has 0 aromatic heterocycles. The van der Waals surface area contributed by atoms with Gasteiger partial charge in [-0.15, -0.1) is 0 Å². The molecule has 0 bridgehead atoms. The lowest BCUT2D eigenvalue weighted by Gasteiger charge is -2.03. The van der Waals surface area contributed by atoms with Gasteiger partial charge in [0.2, 0.25) is 10.0 Å². The van der Waals surface area contributed by atoms with Crippen molar-refractivity contribution in [1.29, 1.82) is 0 Å². The zero-order chi connectivity index (χ0) is 7.49. The molecule has 0 fully saturated rings. The van der Waals surface area contributed by atoms with Gasteiger partial charge in [0, 0.05) is 6.54 Å². The van der Waals surface area contributed by atoms with Crippen LogP contribution in [0.25, 0.3) is 0 Å². The minimum atomic E-state index is -2.97. The summed E-state index contributed by atoms with van der Waals surface area (Å²) in [6.07, 6.45) is 1.16. The summed E-state index contributed by atoms with van der Waals surface area (Å²) in [5.74, 6) is 0.375. The highest BCUT2D eigenvalue weighted by molar-refractivity contribution is 7.88. The molecule has 0 radical (unpaired) electrons. The molecule has 0 atom stereocenters. The zero-order valence-corrected chi connectivity index (χ0v) is 6.83. The van der Waals surface area contributed by atoms with E-state index in [2.05, 4.69) is 4.72 Å². The molecule has 0 saturated carbocycles. The molecule has 0 rings (SSSR count). The molecule has 3 nitrogen and oxygen atoms in total. The van der Waals surface area contributed by atoms with Gasteiger partial charge in [-0.3, -0.25) is 0 Å². The Bertz CT molecular complexity index is 160. The first-order valence-corrected chi connectivity index (χ1v) is 4.75. The number of hydrogen-bond donors (Lipinski definition) is 1. The minimum absolute atomic E-state index is 0.375. The van der Waals surface area contributed by atoms with Crippen LogP contribution in [0.4, 0.5) is 0 Å². The van der Waals surface area contributed by atoms with E-state index in [4.69, 9.17) is 0 Å². The molecule has 0 heterocycles. The van der Waals surface area contributed by atoms with Crippen molar-refractivity contribution < 1.29 is 8.42 Å². The Morgan fingerprint density at radius 3 is 2.00 bits per heavy atom. The topological polar surface area (TPSA) is 46.2 Å². The van der Waals surface area contributed by atoms with Gasteiger partial charge in [0.15, 0.2) is 0 Å². The maximum absolute atomic E-state index is 10.4. The zero-order valence-electron chi connectivity index (χ0n) is 6.01. The summed E-state index contributed by atoms with van der Waals surface area (Å²) in [5, 5.41) is 0. The van der Waals surface area contributed by atoms with E-state index >= 15 is 0 Å². The molecular weight excluding hydrogens is 138 g/mol. The standard InChI is InChI=1S/C5H13NO2S/c1-5(2)4-6-9(3,7)8/h5-6H,4H2,1-3H3. The van der Waals surface area contributed by atoms with E-state index in [1.807, 2.05) is 13.8 Å². The van der Waals surface area contributed by atoms with Crippen molar-refractivity contribution >= 4 is 10.0 Å². The molecule has 0 unspecified atom stereocenters. The van der Waals surface area contributed by atoms with Crippen molar-refractivity contribution in [2.45, 2.75) is 13.8 Å². The summed E-state index contributed by atoms with van der Waals surface area (Å²) in [6, 6.07) is 0. The Kier molecular flexibility index (Phi) is 3.14. The van der Waals surface area contributed by atoms with Gasteiger partial charge in [0.1, 0.15) is 0 Å². The van der Waals surface area contributed by atoms with E-state index in [-0.39, 0.29) is 0 Å². The molecule has 0 aliphatic heterocycles. The SMILES string of the molecule is CC(C)CNS(C)(=O)=O. The van der Waals surface area contributed by atoms with E-state index < -0.39 is 10.0 Å². The summed E-state index contributed by atoms with van der Waals surface area (Å²) in [6.45, 7) is 4.44. The van der Waals surface area contributed by atoms with E-state index in [1.54, 1.807) is 0 Å². The van der Waals surface area contributed by atoms with Crippen LogP contribution in [0.3, 0.4) is 0 Å². The van der Waals surface area contributed by atoms with Crippen molar-refractivity contribution in [3.8, 4) is 0 Å². The molecule has 0 aliphatic rings. The Labute approximate surface area is 56.5 Å². The smallest absolute Gasteiger partial charge is 0.208 e. The van der Waals surface area contributed by atoms with Crippen LogP contribution < -0.4 is 4.72 Å². The van der Waals surface area contributed by atoms with E-state index in [0.29, 0.717) is 12.5 Å². The first kappa shape index (κ1) is 8.91. The second-order valence-corrected chi connectivity index (χ2v) is 4.35. The van der Waals surface area contributed by atoms with Crippen LogP contribution in [-0.4, -0.2) is 21.2 Å². The highest BCUT2D eigenvalue weighted by Crippen LogP contribution is 1.87. The molecule has 1 N–H and O–H groups in total. The fraction of sp³-hybridized carbons (Fsp3) is 1.00. The van der Waals surface area contributed by atoms with Crippen LogP contribution in [0.1, 0.15) is 13.8 Å². The summed E-state index contributed by atoms with van der Waals surface area (Å²) >= 11 is 0. The highest BCUT2D eigenvalue weighted by Gasteiger charge is 2.00. The molecule has 0 aromatic rings. The van der Waals surface area contributed by atoms with E-state index in [9.17, 15) is 8.42 Å². The second kappa shape index (κ2) is 3.17. The fourth-order valence-corrected chi connectivity index (χ4v) is 0.954. The Hall–Kier alpha value is -0.0900. The third kappa shape index (κ3) is 7.91. The van der Waals surface area contributed by atoms with Gasteiger partial charge in [0.25, 0.3) is 0 Å². The fourth-order valence-electron chi connectivity index (χ4n) is 0.318. The summed E-state index contributed by atoms with van der Waals surface area (Å²) in [7, 11) is -2.97. The lowest BCUT2D eigenvalue weighted by atomic mass is 10.2. The molecular formula is C5H13NO2S.